The smallest absolute Gasteiger partial charge is 0.331 e. The van der Waals surface area contributed by atoms with Gasteiger partial charge in [0.15, 0.2) is 6.04 Å². The molecule has 100 valence electrons. The average molecular weight is 280 g/mol. The largest absolute Gasteiger partial charge is 0.464 e. The number of hydrogen-bond acceptors (Lipinski definition) is 6. The molecule has 7 heteroatoms. The zero-order chi connectivity index (χ0) is 13.8. The van der Waals surface area contributed by atoms with Crippen molar-refractivity contribution in [2.45, 2.75) is 13.0 Å². The van der Waals surface area contributed by atoms with Crippen LogP contribution in [0.3, 0.4) is 0 Å². The number of carbonyl (C=O) groups excluding carboxylic acids is 1. The summed E-state index contributed by atoms with van der Waals surface area (Å²) in [4.78, 5) is 25.9. The average Bonchev–Trinajstić information content (AvgIpc) is 2.89. The first-order valence-electron chi connectivity index (χ1n) is 5.74. The first-order chi connectivity index (χ1) is 9.11. The molecular formula is C12H12N2O4S. The van der Waals surface area contributed by atoms with Gasteiger partial charge in [-0.25, -0.2) is 4.79 Å². The standard InChI is InChI=1S/C12H12N2O4S/c1-2-18-12(15)10-7-19-11(13-10)8-3-5-9(6-4-8)14(16)17/h3-6,10H,2,7H2,1H3/t10-/m0/s1. The second kappa shape index (κ2) is 5.83. The third kappa shape index (κ3) is 3.11. The van der Waals surface area contributed by atoms with Crippen molar-refractivity contribution in [3.63, 3.8) is 0 Å². The molecular weight excluding hydrogens is 268 g/mol. The maximum absolute atomic E-state index is 11.5. The number of rotatable bonds is 4. The zero-order valence-electron chi connectivity index (χ0n) is 10.2. The van der Waals surface area contributed by atoms with Gasteiger partial charge in [-0.1, -0.05) is 0 Å². The van der Waals surface area contributed by atoms with Crippen LogP contribution in [0.5, 0.6) is 0 Å². The quantitative estimate of drug-likeness (QED) is 0.479. The van der Waals surface area contributed by atoms with Gasteiger partial charge in [0.25, 0.3) is 5.69 Å². The molecule has 0 radical (unpaired) electrons. The lowest BCUT2D eigenvalue weighted by Gasteiger charge is -2.03. The minimum atomic E-state index is -0.477. The van der Waals surface area contributed by atoms with Crippen molar-refractivity contribution in [2.75, 3.05) is 12.4 Å². The molecule has 1 atom stereocenters. The molecule has 0 fully saturated rings. The third-order valence-corrected chi connectivity index (χ3v) is 3.63. The van der Waals surface area contributed by atoms with E-state index in [0.717, 1.165) is 5.56 Å². The Labute approximate surface area is 114 Å². The number of nitro benzene ring substituents is 1. The lowest BCUT2D eigenvalue weighted by atomic mass is 10.2. The first kappa shape index (κ1) is 13.5. The number of thioether (sulfide) groups is 1. The van der Waals surface area contributed by atoms with Gasteiger partial charge in [0.1, 0.15) is 0 Å². The van der Waals surface area contributed by atoms with Crippen molar-refractivity contribution < 1.29 is 14.5 Å². The van der Waals surface area contributed by atoms with Crippen molar-refractivity contribution in [2.24, 2.45) is 4.99 Å². The van der Waals surface area contributed by atoms with E-state index in [1.165, 1.54) is 23.9 Å². The summed E-state index contributed by atoms with van der Waals surface area (Å²) in [5.74, 6) is 0.220. The Kier molecular flexibility index (Phi) is 4.16. The number of nitrogens with zero attached hydrogens (tertiary/aromatic N) is 2. The molecule has 0 aromatic heterocycles. The normalized spacial score (nSPS) is 17.9. The second-order valence-electron chi connectivity index (χ2n) is 3.82. The van der Waals surface area contributed by atoms with Gasteiger partial charge in [-0.3, -0.25) is 15.1 Å². The van der Waals surface area contributed by atoms with E-state index in [0.29, 0.717) is 17.4 Å². The zero-order valence-corrected chi connectivity index (χ0v) is 11.1. The van der Waals surface area contributed by atoms with Crippen LogP contribution < -0.4 is 0 Å². The maximum atomic E-state index is 11.5. The molecule has 0 aliphatic carbocycles. The molecule has 0 unspecified atom stereocenters. The van der Waals surface area contributed by atoms with E-state index in [4.69, 9.17) is 4.74 Å². The van der Waals surface area contributed by atoms with E-state index in [1.54, 1.807) is 19.1 Å². The van der Waals surface area contributed by atoms with Gasteiger partial charge in [0.2, 0.25) is 0 Å². The highest BCUT2D eigenvalue weighted by molar-refractivity contribution is 8.14. The van der Waals surface area contributed by atoms with Crippen LogP contribution in [-0.4, -0.2) is 34.3 Å². The predicted octanol–water partition coefficient (Wildman–Crippen LogP) is 2.02. The fraction of sp³-hybridized carbons (Fsp3) is 0.333. The van der Waals surface area contributed by atoms with Crippen molar-refractivity contribution in [3.05, 3.63) is 39.9 Å². The van der Waals surface area contributed by atoms with E-state index in [1.807, 2.05) is 0 Å². The van der Waals surface area contributed by atoms with Crippen LogP contribution in [0.4, 0.5) is 5.69 Å². The molecule has 0 N–H and O–H groups in total. The van der Waals surface area contributed by atoms with E-state index in [-0.39, 0.29) is 11.7 Å². The molecule has 0 spiro atoms. The summed E-state index contributed by atoms with van der Waals surface area (Å²) in [7, 11) is 0. The highest BCUT2D eigenvalue weighted by Crippen LogP contribution is 2.25. The highest BCUT2D eigenvalue weighted by Gasteiger charge is 2.26. The van der Waals surface area contributed by atoms with Crippen LogP contribution in [0.1, 0.15) is 12.5 Å². The Morgan fingerprint density at radius 2 is 2.21 bits per heavy atom. The van der Waals surface area contributed by atoms with E-state index < -0.39 is 11.0 Å². The summed E-state index contributed by atoms with van der Waals surface area (Å²) in [5, 5.41) is 11.3. The van der Waals surface area contributed by atoms with Crippen LogP contribution in [0, 0.1) is 10.1 Å². The summed E-state index contributed by atoms with van der Waals surface area (Å²) in [5.41, 5.74) is 0.816. The molecule has 0 bridgehead atoms. The Morgan fingerprint density at radius 3 is 2.79 bits per heavy atom. The summed E-state index contributed by atoms with van der Waals surface area (Å²) in [6.45, 7) is 2.09. The van der Waals surface area contributed by atoms with Gasteiger partial charge in [0, 0.05) is 23.4 Å². The molecule has 1 aromatic rings. The topological polar surface area (TPSA) is 81.8 Å². The van der Waals surface area contributed by atoms with E-state index in [9.17, 15) is 14.9 Å². The van der Waals surface area contributed by atoms with Crippen molar-refractivity contribution in [3.8, 4) is 0 Å². The third-order valence-electron chi connectivity index (χ3n) is 2.53. The van der Waals surface area contributed by atoms with Crippen molar-refractivity contribution >= 4 is 28.5 Å². The van der Waals surface area contributed by atoms with E-state index >= 15 is 0 Å². The molecule has 0 amide bonds. The van der Waals surface area contributed by atoms with Gasteiger partial charge >= 0.3 is 5.97 Å². The lowest BCUT2D eigenvalue weighted by molar-refractivity contribution is -0.384. The minimum Gasteiger partial charge on any atom is -0.464 e. The molecule has 1 heterocycles. The van der Waals surface area contributed by atoms with Gasteiger partial charge in [-0.15, -0.1) is 11.8 Å². The van der Waals surface area contributed by atoms with E-state index in [2.05, 4.69) is 4.99 Å². The van der Waals surface area contributed by atoms with Crippen molar-refractivity contribution in [1.82, 2.24) is 0 Å². The number of hydrogen-bond donors (Lipinski definition) is 0. The predicted molar refractivity (Wildman–Crippen MR) is 72.5 cm³/mol. The second-order valence-corrected chi connectivity index (χ2v) is 4.83. The van der Waals surface area contributed by atoms with Gasteiger partial charge in [-0.05, 0) is 19.1 Å². The Hall–Kier alpha value is -1.89. The lowest BCUT2D eigenvalue weighted by Crippen LogP contribution is -2.21. The summed E-state index contributed by atoms with van der Waals surface area (Å²) in [6.07, 6.45) is 0. The molecule has 2 rings (SSSR count). The monoisotopic (exact) mass is 280 g/mol. The number of aliphatic imine (C=N–C) groups is 1. The fourth-order valence-corrected chi connectivity index (χ4v) is 2.65. The Morgan fingerprint density at radius 1 is 1.53 bits per heavy atom. The fourth-order valence-electron chi connectivity index (χ4n) is 1.62. The summed E-state index contributed by atoms with van der Waals surface area (Å²) in [6, 6.07) is 5.65. The van der Waals surface area contributed by atoms with Gasteiger partial charge in [0.05, 0.1) is 16.6 Å². The van der Waals surface area contributed by atoms with Crippen LogP contribution in [0.2, 0.25) is 0 Å². The molecule has 1 aromatic carbocycles. The number of esters is 1. The SMILES string of the molecule is CCOC(=O)[C@@H]1CSC(c2ccc([N+](=O)[O-])cc2)=N1. The minimum absolute atomic E-state index is 0.0364. The Balaban J connectivity index is 2.12. The van der Waals surface area contributed by atoms with Crippen LogP contribution in [0.25, 0.3) is 0 Å². The number of non-ortho nitro benzene ring substituents is 1. The molecule has 6 nitrogen and oxygen atoms in total. The van der Waals surface area contributed by atoms with Gasteiger partial charge < -0.3 is 4.74 Å². The first-order valence-corrected chi connectivity index (χ1v) is 6.72. The number of carbonyl (C=O) groups is 1. The van der Waals surface area contributed by atoms with Gasteiger partial charge in [-0.2, -0.15) is 0 Å². The molecule has 1 aliphatic heterocycles. The van der Waals surface area contributed by atoms with Crippen LogP contribution >= 0.6 is 11.8 Å². The maximum Gasteiger partial charge on any atom is 0.331 e. The highest BCUT2D eigenvalue weighted by atomic mass is 32.2. The Bertz CT molecular complexity index is 527. The van der Waals surface area contributed by atoms with Crippen molar-refractivity contribution in [1.29, 1.82) is 0 Å². The molecule has 0 saturated carbocycles. The molecule has 1 aliphatic rings. The number of ether oxygens (including phenoxy) is 1. The number of benzene rings is 1. The molecule has 19 heavy (non-hydrogen) atoms. The summed E-state index contributed by atoms with van der Waals surface area (Å²) >= 11 is 1.45. The molecule has 0 saturated heterocycles. The van der Waals surface area contributed by atoms with Crippen LogP contribution in [-0.2, 0) is 9.53 Å². The van der Waals surface area contributed by atoms with Crippen LogP contribution in [0.15, 0.2) is 29.3 Å². The number of nitro groups is 1. The summed E-state index contributed by atoms with van der Waals surface area (Å²) < 4.78 is 4.91.